The topological polar surface area (TPSA) is 54.3 Å². The minimum Gasteiger partial charge on any atom is -0.463 e. The molecule has 3 aliphatic heterocycles. The van der Waals surface area contributed by atoms with Gasteiger partial charge in [0.05, 0.1) is 24.4 Å². The number of hydrogen-bond donors (Lipinski definition) is 0. The molecule has 4 rings (SSSR count). The third-order valence-corrected chi connectivity index (χ3v) is 5.21. The fourth-order valence-electron chi connectivity index (χ4n) is 3.60. The zero-order valence-corrected chi connectivity index (χ0v) is 19.5. The summed E-state index contributed by atoms with van der Waals surface area (Å²) in [6.45, 7) is 9.71. The third kappa shape index (κ3) is 6.26. The molecule has 0 radical (unpaired) electrons. The van der Waals surface area contributed by atoms with E-state index < -0.39 is 0 Å². The molecule has 0 spiro atoms. The highest BCUT2D eigenvalue weighted by molar-refractivity contribution is 6.43. The van der Waals surface area contributed by atoms with Crippen LogP contribution in [0, 0.1) is 11.7 Å². The van der Waals surface area contributed by atoms with Crippen molar-refractivity contribution < 1.29 is 13.9 Å². The summed E-state index contributed by atoms with van der Waals surface area (Å²) in [5.74, 6) is 0.778. The molecule has 0 aliphatic carbocycles. The number of fused-ring (bicyclic) bond motifs is 1. The van der Waals surface area contributed by atoms with Gasteiger partial charge in [0.2, 0.25) is 0 Å². The lowest BCUT2D eigenvalue weighted by molar-refractivity contribution is -0.138. The molecule has 0 amide bonds. The summed E-state index contributed by atoms with van der Waals surface area (Å²) >= 11 is 5.40. The number of amidine groups is 1. The van der Waals surface area contributed by atoms with Crippen molar-refractivity contribution in [3.63, 3.8) is 0 Å². The molecule has 0 N–H and O–H groups in total. The Hall–Kier alpha value is -2.47. The Morgan fingerprint density at radius 3 is 2.71 bits per heavy atom. The van der Waals surface area contributed by atoms with Crippen LogP contribution < -0.4 is 0 Å². The van der Waals surface area contributed by atoms with E-state index in [4.69, 9.17) is 16.3 Å². The highest BCUT2D eigenvalue weighted by Gasteiger charge is 2.35. The van der Waals surface area contributed by atoms with E-state index in [1.807, 2.05) is 27.0 Å². The summed E-state index contributed by atoms with van der Waals surface area (Å²) in [6, 6.07) is 5.82. The molecule has 1 atom stereocenters. The van der Waals surface area contributed by atoms with Gasteiger partial charge in [-0.3, -0.25) is 9.98 Å². The smallest absolute Gasteiger partial charge is 0.337 e. The maximum Gasteiger partial charge on any atom is 0.337 e. The maximum atomic E-state index is 12.1. The predicted octanol–water partition coefficient (Wildman–Crippen LogP) is 5.81. The van der Waals surface area contributed by atoms with Gasteiger partial charge in [0.25, 0.3) is 0 Å². The maximum absolute atomic E-state index is 12.1. The molecular weight excluding hydrogens is 417 g/mol. The van der Waals surface area contributed by atoms with Gasteiger partial charge < -0.3 is 9.64 Å². The molecule has 0 bridgehead atoms. The number of halogens is 2. The zero-order valence-electron chi connectivity index (χ0n) is 18.7. The van der Waals surface area contributed by atoms with Crippen LogP contribution in [0.4, 0.5) is 4.39 Å². The predicted molar refractivity (Wildman–Crippen MR) is 125 cm³/mol. The zero-order chi connectivity index (χ0) is 22.8. The SMILES string of the molecule is CC.CCOC(=O)C1=C2CCCN2C(C2=NC=CC2CC)=NC1.Fc1cccc(Cl)c1. The van der Waals surface area contributed by atoms with Gasteiger partial charge in [0.1, 0.15) is 5.82 Å². The van der Waals surface area contributed by atoms with Crippen LogP contribution >= 0.6 is 11.6 Å². The van der Waals surface area contributed by atoms with E-state index in [0.717, 1.165) is 48.6 Å². The Labute approximate surface area is 189 Å². The Morgan fingerprint density at radius 1 is 1.32 bits per heavy atom. The van der Waals surface area contributed by atoms with Gasteiger partial charge in [0, 0.05) is 29.4 Å². The number of rotatable bonds is 4. The molecule has 5 nitrogen and oxygen atoms in total. The van der Waals surface area contributed by atoms with Gasteiger partial charge >= 0.3 is 5.97 Å². The average Bonchev–Trinajstić information content (AvgIpc) is 3.44. The van der Waals surface area contributed by atoms with E-state index in [1.54, 1.807) is 12.1 Å². The molecule has 3 heterocycles. The van der Waals surface area contributed by atoms with Crippen molar-refractivity contribution in [2.45, 2.75) is 47.0 Å². The summed E-state index contributed by atoms with van der Waals surface area (Å²) in [4.78, 5) is 23.4. The average molecular weight is 448 g/mol. The molecule has 7 heteroatoms. The minimum atomic E-state index is -0.294. The van der Waals surface area contributed by atoms with Crippen molar-refractivity contribution >= 4 is 29.1 Å². The number of hydrogen-bond acceptors (Lipinski definition) is 5. The van der Waals surface area contributed by atoms with Gasteiger partial charge in [0.15, 0.2) is 5.84 Å². The van der Waals surface area contributed by atoms with Crippen LogP contribution in [0.3, 0.4) is 0 Å². The second-order valence-corrected chi connectivity index (χ2v) is 7.29. The van der Waals surface area contributed by atoms with Crippen molar-refractivity contribution in [2.24, 2.45) is 15.9 Å². The molecule has 1 saturated heterocycles. The first-order chi connectivity index (χ1) is 15.0. The summed E-state index contributed by atoms with van der Waals surface area (Å²) in [5, 5.41) is 0.435. The van der Waals surface area contributed by atoms with Gasteiger partial charge in [-0.15, -0.1) is 0 Å². The molecule has 1 aromatic carbocycles. The lowest BCUT2D eigenvalue weighted by atomic mass is 9.99. The van der Waals surface area contributed by atoms with Crippen LogP contribution in [-0.2, 0) is 9.53 Å². The van der Waals surface area contributed by atoms with Crippen molar-refractivity contribution in [2.75, 3.05) is 19.7 Å². The van der Waals surface area contributed by atoms with E-state index >= 15 is 0 Å². The number of ether oxygens (including phenoxy) is 1. The number of carbonyl (C=O) groups excluding carboxylic acids is 1. The van der Waals surface area contributed by atoms with Crippen LogP contribution in [0.1, 0.15) is 47.0 Å². The number of esters is 1. The van der Waals surface area contributed by atoms with E-state index in [0.29, 0.717) is 24.1 Å². The van der Waals surface area contributed by atoms with Crippen LogP contribution in [0.15, 0.2) is 57.8 Å². The first kappa shape index (κ1) is 24.8. The summed E-state index contributed by atoms with van der Waals surface area (Å²) in [7, 11) is 0. The summed E-state index contributed by atoms with van der Waals surface area (Å²) < 4.78 is 17.2. The van der Waals surface area contributed by atoms with E-state index in [9.17, 15) is 9.18 Å². The van der Waals surface area contributed by atoms with Crippen molar-refractivity contribution in [3.05, 3.63) is 58.7 Å². The molecule has 0 aromatic heterocycles. The van der Waals surface area contributed by atoms with Crippen LogP contribution in [0.5, 0.6) is 0 Å². The third-order valence-electron chi connectivity index (χ3n) is 4.97. The highest BCUT2D eigenvalue weighted by atomic mass is 35.5. The molecule has 1 unspecified atom stereocenters. The van der Waals surface area contributed by atoms with Gasteiger partial charge in [-0.1, -0.05) is 44.5 Å². The second-order valence-electron chi connectivity index (χ2n) is 6.85. The van der Waals surface area contributed by atoms with Crippen molar-refractivity contribution in [3.8, 4) is 0 Å². The lowest BCUT2D eigenvalue weighted by Gasteiger charge is -2.29. The lowest BCUT2D eigenvalue weighted by Crippen LogP contribution is -2.40. The first-order valence-corrected chi connectivity index (χ1v) is 11.3. The van der Waals surface area contributed by atoms with Gasteiger partial charge in [-0.2, -0.15) is 0 Å². The summed E-state index contributed by atoms with van der Waals surface area (Å²) in [6.07, 6.45) is 6.98. The quantitative estimate of drug-likeness (QED) is 0.547. The fraction of sp³-hybridized carbons (Fsp3) is 0.458. The van der Waals surface area contributed by atoms with Crippen LogP contribution in [0.25, 0.3) is 0 Å². The Balaban J connectivity index is 0.000000286. The first-order valence-electron chi connectivity index (χ1n) is 10.9. The van der Waals surface area contributed by atoms with E-state index in [1.165, 1.54) is 12.1 Å². The Kier molecular flexibility index (Phi) is 9.92. The molecule has 31 heavy (non-hydrogen) atoms. The normalized spacial score (nSPS) is 18.9. The number of allylic oxidation sites excluding steroid dienone is 2. The Bertz CT molecular complexity index is 875. The fourth-order valence-corrected chi connectivity index (χ4v) is 3.78. The van der Waals surface area contributed by atoms with Crippen LogP contribution in [-0.4, -0.2) is 42.1 Å². The number of nitrogens with zero attached hydrogens (tertiary/aromatic N) is 3. The highest BCUT2D eigenvalue weighted by Crippen LogP contribution is 2.31. The number of benzene rings is 1. The number of aliphatic imine (C=N–C) groups is 2. The standard InChI is InChI=1S/C16H21N3O2.C6H4ClF.C2H6/c1-3-11-7-8-17-14(11)15-18-10-12(16(20)21-4-2)13-6-5-9-19(13)15;7-5-2-1-3-6(8)4-5;1-2/h7-8,11H,3-6,9-10H2,1-2H3;1-4H;1-2H3. The largest absolute Gasteiger partial charge is 0.463 e. The van der Waals surface area contributed by atoms with E-state index in [2.05, 4.69) is 27.9 Å². The number of carbonyl (C=O) groups is 1. The molecule has 1 fully saturated rings. The minimum absolute atomic E-state index is 0.222. The molecule has 168 valence electrons. The van der Waals surface area contributed by atoms with Crippen molar-refractivity contribution in [1.29, 1.82) is 0 Å². The van der Waals surface area contributed by atoms with Crippen molar-refractivity contribution in [1.82, 2.24) is 4.90 Å². The van der Waals surface area contributed by atoms with Gasteiger partial charge in [-0.25, -0.2) is 9.18 Å². The second kappa shape index (κ2) is 12.4. The van der Waals surface area contributed by atoms with Gasteiger partial charge in [-0.05, 0) is 44.4 Å². The molecular formula is C24H31ClFN3O2. The summed E-state index contributed by atoms with van der Waals surface area (Å²) in [5.41, 5.74) is 2.85. The van der Waals surface area contributed by atoms with Crippen LogP contribution in [0.2, 0.25) is 5.02 Å². The molecule has 3 aliphatic rings. The monoisotopic (exact) mass is 447 g/mol. The molecule has 1 aromatic rings. The molecule has 0 saturated carbocycles. The van der Waals surface area contributed by atoms with E-state index in [-0.39, 0.29) is 11.8 Å². The Morgan fingerprint density at radius 2 is 2.10 bits per heavy atom.